The topological polar surface area (TPSA) is 29.3 Å². The first-order chi connectivity index (χ1) is 20.8. The Labute approximate surface area is 243 Å². The molecule has 0 saturated heterocycles. The van der Waals surface area contributed by atoms with Gasteiger partial charge in [0.25, 0.3) is 0 Å². The van der Waals surface area contributed by atoms with Crippen molar-refractivity contribution in [2.45, 2.75) is 0 Å². The molecule has 8 aromatic rings. The highest BCUT2D eigenvalue weighted by Gasteiger charge is 2.20. The molecule has 198 valence electrons. The van der Waals surface area contributed by atoms with Crippen molar-refractivity contribution < 1.29 is 4.42 Å². The third kappa shape index (κ3) is 4.20. The minimum Gasteiger partial charge on any atom is -0.435 e. The maximum absolute atomic E-state index is 6.38. The smallest absolute Gasteiger partial charge is 0.227 e. The van der Waals surface area contributed by atoms with Crippen LogP contribution >= 0.6 is 0 Å². The molecule has 3 nitrogen and oxygen atoms in total. The van der Waals surface area contributed by atoms with Gasteiger partial charge in [-0.15, -0.1) is 0 Å². The van der Waals surface area contributed by atoms with E-state index in [4.69, 9.17) is 9.40 Å². The molecule has 0 fully saturated rings. The average Bonchev–Trinajstić information content (AvgIpc) is 3.51. The van der Waals surface area contributed by atoms with Gasteiger partial charge >= 0.3 is 0 Å². The lowest BCUT2D eigenvalue weighted by molar-refractivity contribution is 0.623. The van der Waals surface area contributed by atoms with Crippen LogP contribution in [-0.4, -0.2) is 4.98 Å². The zero-order valence-electron chi connectivity index (χ0n) is 22.8. The van der Waals surface area contributed by atoms with Crippen LogP contribution in [0.15, 0.2) is 162 Å². The fraction of sp³-hybridized carbons (Fsp3) is 0. The van der Waals surface area contributed by atoms with Gasteiger partial charge in [0.2, 0.25) is 5.89 Å². The first-order valence-corrected chi connectivity index (χ1v) is 14.1. The Hall–Kier alpha value is -5.67. The SMILES string of the molecule is c1ccc(-c2nc3cc(N(c4ccccc4)c4ccc(-c5ccc6ccccc6c5)cc4)c4ccccc4c3o2)cc1. The minimum atomic E-state index is 0.624. The van der Waals surface area contributed by atoms with E-state index in [-0.39, 0.29) is 0 Å². The molecule has 1 aromatic heterocycles. The van der Waals surface area contributed by atoms with Crippen molar-refractivity contribution in [3.63, 3.8) is 0 Å². The fourth-order valence-corrected chi connectivity index (χ4v) is 5.80. The summed E-state index contributed by atoms with van der Waals surface area (Å²) >= 11 is 0. The van der Waals surface area contributed by atoms with E-state index in [1.54, 1.807) is 0 Å². The van der Waals surface area contributed by atoms with Gasteiger partial charge in [0.1, 0.15) is 5.52 Å². The highest BCUT2D eigenvalue weighted by molar-refractivity contribution is 6.12. The molecule has 1 heterocycles. The fourth-order valence-electron chi connectivity index (χ4n) is 5.80. The number of benzene rings is 7. The average molecular weight is 539 g/mol. The third-order valence-electron chi connectivity index (χ3n) is 7.86. The molecule has 0 unspecified atom stereocenters. The number of oxazole rings is 1. The van der Waals surface area contributed by atoms with Crippen molar-refractivity contribution in [1.29, 1.82) is 0 Å². The third-order valence-corrected chi connectivity index (χ3v) is 7.86. The maximum Gasteiger partial charge on any atom is 0.227 e. The van der Waals surface area contributed by atoms with Gasteiger partial charge in [0.05, 0.1) is 5.69 Å². The first kappa shape index (κ1) is 24.2. The summed E-state index contributed by atoms with van der Waals surface area (Å²) in [7, 11) is 0. The van der Waals surface area contributed by atoms with Gasteiger partial charge in [-0.25, -0.2) is 4.98 Å². The summed E-state index contributed by atoms with van der Waals surface area (Å²) in [4.78, 5) is 7.26. The standard InChI is InChI=1S/C39H26N2O/c1-3-12-29(13-4-1)39-40-36-26-37(34-17-9-10-18-35(34)38(36)42-39)41(32-15-5-2-6-16-32)33-23-21-28(22-24-33)31-20-19-27-11-7-8-14-30(27)25-31/h1-26H. The van der Waals surface area contributed by atoms with Crippen molar-refractivity contribution in [2.24, 2.45) is 0 Å². The van der Waals surface area contributed by atoms with Crippen LogP contribution in [0.1, 0.15) is 0 Å². The molecule has 0 aliphatic heterocycles. The molecule has 0 radical (unpaired) electrons. The molecule has 0 saturated carbocycles. The Balaban J connectivity index is 1.29. The van der Waals surface area contributed by atoms with Gasteiger partial charge in [0.15, 0.2) is 5.58 Å². The predicted molar refractivity (Wildman–Crippen MR) is 175 cm³/mol. The first-order valence-electron chi connectivity index (χ1n) is 14.1. The van der Waals surface area contributed by atoms with Gasteiger partial charge < -0.3 is 9.32 Å². The second-order valence-corrected chi connectivity index (χ2v) is 10.5. The van der Waals surface area contributed by atoms with E-state index >= 15 is 0 Å². The van der Waals surface area contributed by atoms with E-state index in [1.807, 2.05) is 30.3 Å². The summed E-state index contributed by atoms with van der Waals surface area (Å²) in [5, 5.41) is 4.63. The molecule has 0 aliphatic rings. The van der Waals surface area contributed by atoms with Crippen LogP contribution in [-0.2, 0) is 0 Å². The van der Waals surface area contributed by atoms with Crippen molar-refractivity contribution in [3.8, 4) is 22.6 Å². The Morgan fingerprint density at radius 2 is 1.07 bits per heavy atom. The van der Waals surface area contributed by atoms with Crippen LogP contribution in [0.3, 0.4) is 0 Å². The zero-order valence-corrected chi connectivity index (χ0v) is 22.8. The highest BCUT2D eigenvalue weighted by atomic mass is 16.3. The number of hydrogen-bond donors (Lipinski definition) is 0. The Morgan fingerprint density at radius 3 is 1.86 bits per heavy atom. The van der Waals surface area contributed by atoms with Gasteiger partial charge in [-0.05, 0) is 70.4 Å². The molecule has 0 amide bonds. The molecule has 0 N–H and O–H groups in total. The number of nitrogens with zero attached hydrogens (tertiary/aromatic N) is 2. The summed E-state index contributed by atoms with van der Waals surface area (Å²) in [5.41, 5.74) is 8.17. The van der Waals surface area contributed by atoms with E-state index < -0.39 is 0 Å². The number of rotatable bonds is 5. The Morgan fingerprint density at radius 1 is 0.452 bits per heavy atom. The molecular formula is C39H26N2O. The van der Waals surface area contributed by atoms with Gasteiger partial charge in [0, 0.05) is 27.7 Å². The predicted octanol–water partition coefficient (Wildman–Crippen LogP) is 10.9. The van der Waals surface area contributed by atoms with E-state index in [2.05, 4.69) is 132 Å². The number of aromatic nitrogens is 1. The number of hydrogen-bond acceptors (Lipinski definition) is 3. The van der Waals surface area contributed by atoms with Crippen LogP contribution in [0.25, 0.3) is 55.2 Å². The van der Waals surface area contributed by atoms with Crippen molar-refractivity contribution in [3.05, 3.63) is 158 Å². The lowest BCUT2D eigenvalue weighted by Gasteiger charge is -2.27. The number of para-hydroxylation sites is 1. The van der Waals surface area contributed by atoms with Crippen molar-refractivity contribution >= 4 is 49.7 Å². The number of anilines is 3. The quantitative estimate of drug-likeness (QED) is 0.218. The molecule has 42 heavy (non-hydrogen) atoms. The molecule has 3 heteroatoms. The maximum atomic E-state index is 6.38. The van der Waals surface area contributed by atoms with Crippen LogP contribution in [0.2, 0.25) is 0 Å². The van der Waals surface area contributed by atoms with Crippen molar-refractivity contribution in [2.75, 3.05) is 4.90 Å². The second-order valence-electron chi connectivity index (χ2n) is 10.5. The molecule has 7 aromatic carbocycles. The van der Waals surface area contributed by atoms with E-state index in [0.29, 0.717) is 5.89 Å². The zero-order chi connectivity index (χ0) is 27.9. The molecule has 8 rings (SSSR count). The number of fused-ring (bicyclic) bond motifs is 4. The summed E-state index contributed by atoms with van der Waals surface area (Å²) in [6, 6.07) is 55.1. The van der Waals surface area contributed by atoms with Crippen LogP contribution in [0.5, 0.6) is 0 Å². The normalized spacial score (nSPS) is 11.3. The van der Waals surface area contributed by atoms with Gasteiger partial charge in [-0.2, -0.15) is 0 Å². The highest BCUT2D eigenvalue weighted by Crippen LogP contribution is 2.43. The van der Waals surface area contributed by atoms with E-state index in [0.717, 1.165) is 44.5 Å². The summed E-state index contributed by atoms with van der Waals surface area (Å²) in [6.45, 7) is 0. The molecule has 0 aliphatic carbocycles. The summed E-state index contributed by atoms with van der Waals surface area (Å²) in [5.74, 6) is 0.624. The lowest BCUT2D eigenvalue weighted by Crippen LogP contribution is -2.10. The van der Waals surface area contributed by atoms with Crippen LogP contribution in [0, 0.1) is 0 Å². The Bertz CT molecular complexity index is 2180. The molecule has 0 bridgehead atoms. The molecule has 0 atom stereocenters. The van der Waals surface area contributed by atoms with Gasteiger partial charge in [-0.3, -0.25) is 0 Å². The minimum absolute atomic E-state index is 0.624. The van der Waals surface area contributed by atoms with Gasteiger partial charge in [-0.1, -0.05) is 109 Å². The largest absolute Gasteiger partial charge is 0.435 e. The summed E-state index contributed by atoms with van der Waals surface area (Å²) < 4.78 is 6.38. The molecule has 0 spiro atoms. The van der Waals surface area contributed by atoms with E-state index in [1.165, 1.54) is 21.9 Å². The second kappa shape index (κ2) is 10.1. The summed E-state index contributed by atoms with van der Waals surface area (Å²) in [6.07, 6.45) is 0. The van der Waals surface area contributed by atoms with Crippen molar-refractivity contribution in [1.82, 2.24) is 4.98 Å². The van der Waals surface area contributed by atoms with E-state index in [9.17, 15) is 0 Å². The van der Waals surface area contributed by atoms with Crippen LogP contribution in [0.4, 0.5) is 17.1 Å². The monoisotopic (exact) mass is 538 g/mol. The Kier molecular flexibility index (Phi) is 5.79. The molecular weight excluding hydrogens is 512 g/mol. The van der Waals surface area contributed by atoms with Crippen LogP contribution < -0.4 is 4.90 Å². The lowest BCUT2D eigenvalue weighted by atomic mass is 10.0.